The van der Waals surface area contributed by atoms with Crippen molar-refractivity contribution in [2.75, 3.05) is 53.1 Å². The zero-order valence-electron chi connectivity index (χ0n) is 19.6. The second-order valence-electron chi connectivity index (χ2n) is 7.74. The first kappa shape index (κ1) is 25.6. The van der Waals surface area contributed by atoms with E-state index in [2.05, 4.69) is 4.90 Å². The van der Waals surface area contributed by atoms with Crippen LogP contribution in [0.25, 0.3) is 16.3 Å². The molecule has 0 saturated heterocycles. The van der Waals surface area contributed by atoms with E-state index in [-0.39, 0.29) is 25.1 Å². The van der Waals surface area contributed by atoms with Crippen LogP contribution in [0.2, 0.25) is 0 Å². The second-order valence-corrected chi connectivity index (χ2v) is 8.71. The zero-order valence-corrected chi connectivity index (χ0v) is 21.2. The van der Waals surface area contributed by atoms with Gasteiger partial charge in [0, 0.05) is 12.6 Å². The summed E-state index contributed by atoms with van der Waals surface area (Å²) >= 11 is 1.42. The second kappa shape index (κ2) is 11.4. The maximum Gasteiger partial charge on any atom is 0.252 e. The number of ether oxygens (including phenoxy) is 4. The summed E-state index contributed by atoms with van der Waals surface area (Å²) in [4.78, 5) is 21.8. The van der Waals surface area contributed by atoms with Gasteiger partial charge in [-0.15, -0.1) is 12.4 Å². The quantitative estimate of drug-likeness (QED) is 0.397. The molecule has 0 atom stereocenters. The standard InChI is InChI=1S/C24H27N3O5S.ClH/c1-26(2)12-5-13-27(21(28)11-7-16-6-8-17-20(14-16)32-15-31-17)24-25-22-18(29-3)9-10-19(30-4)23(22)33-24;/h6-11,14H,5,12-13,15H2,1-4H3;1H. The van der Waals surface area contributed by atoms with Crippen molar-refractivity contribution in [2.45, 2.75) is 6.42 Å². The Morgan fingerprint density at radius 1 is 1.09 bits per heavy atom. The van der Waals surface area contributed by atoms with Gasteiger partial charge in [-0.3, -0.25) is 9.69 Å². The van der Waals surface area contributed by atoms with Crippen LogP contribution in [0.1, 0.15) is 12.0 Å². The SMILES string of the molecule is COc1ccc(OC)c2sc(N(CCCN(C)C)C(=O)C=Cc3ccc4c(c3)OCO4)nc12.Cl. The van der Waals surface area contributed by atoms with E-state index >= 15 is 0 Å². The minimum Gasteiger partial charge on any atom is -0.495 e. The lowest BCUT2D eigenvalue weighted by Crippen LogP contribution is -2.32. The highest BCUT2D eigenvalue weighted by atomic mass is 35.5. The molecule has 1 aliphatic rings. The Labute approximate surface area is 209 Å². The average Bonchev–Trinajstić information content (AvgIpc) is 3.46. The number of hydrogen-bond donors (Lipinski definition) is 0. The van der Waals surface area contributed by atoms with E-state index in [1.807, 2.05) is 44.4 Å². The summed E-state index contributed by atoms with van der Waals surface area (Å²) in [5.41, 5.74) is 1.54. The van der Waals surface area contributed by atoms with Crippen molar-refractivity contribution in [3.8, 4) is 23.0 Å². The molecule has 1 amide bonds. The molecule has 0 unspecified atom stereocenters. The predicted molar refractivity (Wildman–Crippen MR) is 137 cm³/mol. The fraction of sp³-hybridized carbons (Fsp3) is 0.333. The lowest BCUT2D eigenvalue weighted by atomic mass is 10.2. The monoisotopic (exact) mass is 505 g/mol. The Hall–Kier alpha value is -3.01. The first-order valence-corrected chi connectivity index (χ1v) is 11.4. The molecule has 0 saturated carbocycles. The van der Waals surface area contributed by atoms with Gasteiger partial charge in [-0.2, -0.15) is 0 Å². The molecule has 0 radical (unpaired) electrons. The molecule has 1 aliphatic heterocycles. The van der Waals surface area contributed by atoms with Gasteiger partial charge in [-0.05, 0) is 63.0 Å². The maximum atomic E-state index is 13.3. The van der Waals surface area contributed by atoms with Crippen LogP contribution in [-0.2, 0) is 4.79 Å². The van der Waals surface area contributed by atoms with Crippen LogP contribution >= 0.6 is 23.7 Å². The molecular weight excluding hydrogens is 478 g/mol. The van der Waals surface area contributed by atoms with Crippen LogP contribution in [0.5, 0.6) is 23.0 Å². The summed E-state index contributed by atoms with van der Waals surface area (Å²) in [6.07, 6.45) is 4.15. The Morgan fingerprint density at radius 3 is 2.56 bits per heavy atom. The smallest absolute Gasteiger partial charge is 0.252 e. The van der Waals surface area contributed by atoms with Crippen molar-refractivity contribution in [3.05, 3.63) is 42.0 Å². The molecule has 0 aliphatic carbocycles. The number of aromatic nitrogens is 1. The first-order chi connectivity index (χ1) is 16.0. The van der Waals surface area contributed by atoms with Crippen LogP contribution in [0, 0.1) is 0 Å². The maximum absolute atomic E-state index is 13.3. The van der Waals surface area contributed by atoms with E-state index in [0.29, 0.717) is 40.2 Å². The third kappa shape index (κ3) is 5.55. The van der Waals surface area contributed by atoms with Gasteiger partial charge >= 0.3 is 0 Å². The van der Waals surface area contributed by atoms with Gasteiger partial charge in [0.2, 0.25) is 6.79 Å². The van der Waals surface area contributed by atoms with Crippen molar-refractivity contribution in [2.24, 2.45) is 0 Å². The van der Waals surface area contributed by atoms with Crippen molar-refractivity contribution < 1.29 is 23.7 Å². The fourth-order valence-corrected chi connectivity index (χ4v) is 4.62. The largest absolute Gasteiger partial charge is 0.495 e. The van der Waals surface area contributed by atoms with E-state index in [1.165, 1.54) is 11.3 Å². The van der Waals surface area contributed by atoms with Crippen molar-refractivity contribution in [1.29, 1.82) is 0 Å². The summed E-state index contributed by atoms with van der Waals surface area (Å²) in [5.74, 6) is 2.58. The lowest BCUT2D eigenvalue weighted by Gasteiger charge is -2.19. The topological polar surface area (TPSA) is 73.4 Å². The number of halogens is 1. The molecule has 2 heterocycles. The van der Waals surface area contributed by atoms with Gasteiger partial charge in [-0.25, -0.2) is 4.98 Å². The number of fused-ring (bicyclic) bond motifs is 2. The Kier molecular flexibility index (Phi) is 8.60. The number of amides is 1. The number of thiazole rings is 1. The molecule has 4 rings (SSSR count). The minimum absolute atomic E-state index is 0. The van der Waals surface area contributed by atoms with E-state index in [1.54, 1.807) is 31.3 Å². The molecule has 3 aromatic rings. The summed E-state index contributed by atoms with van der Waals surface area (Å²) in [6.45, 7) is 1.60. The van der Waals surface area contributed by atoms with Crippen LogP contribution in [0.3, 0.4) is 0 Å². The fourth-order valence-electron chi connectivity index (χ4n) is 3.51. The molecule has 10 heteroatoms. The highest BCUT2D eigenvalue weighted by Gasteiger charge is 2.21. The molecular formula is C24H28ClN3O5S. The van der Waals surface area contributed by atoms with Gasteiger partial charge in [0.1, 0.15) is 21.7 Å². The number of benzene rings is 2. The van der Waals surface area contributed by atoms with Crippen molar-refractivity contribution in [1.82, 2.24) is 9.88 Å². The summed E-state index contributed by atoms with van der Waals surface area (Å²) < 4.78 is 22.6. The number of methoxy groups -OCH3 is 2. The van der Waals surface area contributed by atoms with Crippen molar-refractivity contribution >= 4 is 51.1 Å². The van der Waals surface area contributed by atoms with Crippen LogP contribution < -0.4 is 23.8 Å². The Balaban J connectivity index is 0.00000324. The van der Waals surface area contributed by atoms with E-state index in [0.717, 1.165) is 23.2 Å². The number of carbonyl (C=O) groups excluding carboxylic acids is 1. The molecule has 0 fully saturated rings. The summed E-state index contributed by atoms with van der Waals surface area (Å²) in [7, 11) is 7.25. The van der Waals surface area contributed by atoms with Gasteiger partial charge < -0.3 is 23.8 Å². The predicted octanol–water partition coefficient (Wildman–Crippen LogP) is 4.46. The van der Waals surface area contributed by atoms with Crippen LogP contribution in [0.15, 0.2) is 36.4 Å². The van der Waals surface area contributed by atoms with Gasteiger partial charge in [0.05, 0.1) is 14.2 Å². The Morgan fingerprint density at radius 2 is 1.82 bits per heavy atom. The number of nitrogens with zero attached hydrogens (tertiary/aromatic N) is 3. The highest BCUT2D eigenvalue weighted by molar-refractivity contribution is 7.22. The lowest BCUT2D eigenvalue weighted by molar-refractivity contribution is -0.114. The Bertz CT molecular complexity index is 1140. The molecule has 1 aromatic heterocycles. The van der Waals surface area contributed by atoms with Crippen LogP contribution in [-0.4, -0.2) is 64.0 Å². The summed E-state index contributed by atoms with van der Waals surface area (Å²) in [5, 5.41) is 0.604. The van der Waals surface area contributed by atoms with Crippen LogP contribution in [0.4, 0.5) is 5.13 Å². The normalized spacial score (nSPS) is 12.3. The molecule has 0 spiro atoms. The highest BCUT2D eigenvalue weighted by Crippen LogP contribution is 2.40. The third-order valence-corrected chi connectivity index (χ3v) is 6.29. The molecule has 8 nitrogen and oxygen atoms in total. The molecule has 34 heavy (non-hydrogen) atoms. The zero-order chi connectivity index (χ0) is 23.4. The number of rotatable bonds is 9. The molecule has 182 valence electrons. The molecule has 0 bridgehead atoms. The van der Waals surface area contributed by atoms with Gasteiger partial charge in [0.25, 0.3) is 5.91 Å². The third-order valence-electron chi connectivity index (χ3n) is 5.20. The van der Waals surface area contributed by atoms with E-state index < -0.39 is 0 Å². The van der Waals surface area contributed by atoms with E-state index in [4.69, 9.17) is 23.9 Å². The molecule has 0 N–H and O–H groups in total. The van der Waals surface area contributed by atoms with Gasteiger partial charge in [-0.1, -0.05) is 17.4 Å². The van der Waals surface area contributed by atoms with Crippen molar-refractivity contribution in [3.63, 3.8) is 0 Å². The first-order valence-electron chi connectivity index (χ1n) is 10.6. The average molecular weight is 506 g/mol. The summed E-state index contributed by atoms with van der Waals surface area (Å²) in [6, 6.07) is 9.26. The number of hydrogen-bond acceptors (Lipinski definition) is 8. The minimum atomic E-state index is -0.150. The molecule has 2 aromatic carbocycles. The number of carbonyl (C=O) groups is 1. The van der Waals surface area contributed by atoms with E-state index in [9.17, 15) is 4.79 Å². The number of anilines is 1. The van der Waals surface area contributed by atoms with Gasteiger partial charge in [0.15, 0.2) is 16.6 Å².